The first-order chi connectivity index (χ1) is 11.0. The number of nitrogens with one attached hydrogen (secondary N) is 3. The summed E-state index contributed by atoms with van der Waals surface area (Å²) < 4.78 is 5.16. The number of H-pyrrole nitrogens is 1. The van der Waals surface area contributed by atoms with Gasteiger partial charge in [-0.15, -0.1) is 0 Å². The number of carbonyl (C=O) groups is 2. The van der Waals surface area contributed by atoms with Gasteiger partial charge < -0.3 is 15.4 Å². The second-order valence-corrected chi connectivity index (χ2v) is 4.74. The van der Waals surface area contributed by atoms with Gasteiger partial charge in [-0.2, -0.15) is 5.10 Å². The molecule has 8 nitrogen and oxygen atoms in total. The van der Waals surface area contributed by atoms with Gasteiger partial charge in [0, 0.05) is 6.07 Å². The van der Waals surface area contributed by atoms with Crippen LogP contribution in [-0.2, 0) is 4.79 Å². The lowest BCUT2D eigenvalue weighted by Crippen LogP contribution is -2.33. The third-order valence-electron chi connectivity index (χ3n) is 2.95. The van der Waals surface area contributed by atoms with Crippen molar-refractivity contribution in [3.8, 4) is 5.75 Å². The molecule has 2 rings (SSSR count). The first-order valence-electron chi connectivity index (χ1n) is 6.78. The molecule has 0 aliphatic heterocycles. The monoisotopic (exact) mass is 316 g/mol. The van der Waals surface area contributed by atoms with Crippen molar-refractivity contribution in [1.82, 2.24) is 15.5 Å². The highest BCUT2D eigenvalue weighted by Crippen LogP contribution is 2.24. The molecule has 1 heterocycles. The van der Waals surface area contributed by atoms with Gasteiger partial charge in [0.05, 0.1) is 19.3 Å². The maximum atomic E-state index is 11.9. The standard InChI is InChI=1S/C15H16N4O4/c1-9-3-5-12(23-2)11(7-9)17-14(21)8-16-15(22)10-4-6-13(20)19-18-10/h3-7H,8H2,1-2H3,(H,16,22)(H,17,21)(H,19,20). The predicted octanol–water partition coefficient (Wildman–Crippen LogP) is 0.455. The minimum atomic E-state index is -0.562. The van der Waals surface area contributed by atoms with E-state index in [1.807, 2.05) is 13.0 Å². The molecule has 3 N–H and O–H groups in total. The molecule has 1 aromatic carbocycles. The second-order valence-electron chi connectivity index (χ2n) is 4.74. The van der Waals surface area contributed by atoms with Crippen LogP contribution in [0.2, 0.25) is 0 Å². The van der Waals surface area contributed by atoms with Crippen LogP contribution < -0.4 is 20.9 Å². The lowest BCUT2D eigenvalue weighted by atomic mass is 10.2. The fraction of sp³-hybridized carbons (Fsp3) is 0.200. The van der Waals surface area contributed by atoms with Gasteiger partial charge in [0.15, 0.2) is 0 Å². The number of nitrogens with zero attached hydrogens (tertiary/aromatic N) is 1. The van der Waals surface area contributed by atoms with Crippen molar-refractivity contribution in [3.63, 3.8) is 0 Å². The first kappa shape index (κ1) is 16.2. The quantitative estimate of drug-likeness (QED) is 0.741. The van der Waals surface area contributed by atoms with E-state index in [1.165, 1.54) is 19.2 Å². The van der Waals surface area contributed by atoms with E-state index in [4.69, 9.17) is 4.74 Å². The second kappa shape index (κ2) is 7.21. The lowest BCUT2D eigenvalue weighted by molar-refractivity contribution is -0.115. The van der Waals surface area contributed by atoms with E-state index in [9.17, 15) is 14.4 Å². The number of rotatable bonds is 5. The molecule has 0 bridgehead atoms. The van der Waals surface area contributed by atoms with Crippen molar-refractivity contribution >= 4 is 17.5 Å². The van der Waals surface area contributed by atoms with E-state index in [2.05, 4.69) is 20.8 Å². The number of hydrogen-bond acceptors (Lipinski definition) is 5. The van der Waals surface area contributed by atoms with E-state index < -0.39 is 17.4 Å². The van der Waals surface area contributed by atoms with Crippen molar-refractivity contribution in [1.29, 1.82) is 0 Å². The smallest absolute Gasteiger partial charge is 0.272 e. The number of amides is 2. The van der Waals surface area contributed by atoms with Crippen LogP contribution in [0.25, 0.3) is 0 Å². The van der Waals surface area contributed by atoms with E-state index in [1.54, 1.807) is 12.1 Å². The Morgan fingerprint density at radius 3 is 2.70 bits per heavy atom. The number of aryl methyl sites for hydroxylation is 1. The molecule has 2 aromatic rings. The molecular weight excluding hydrogens is 300 g/mol. The highest BCUT2D eigenvalue weighted by molar-refractivity contribution is 5.98. The van der Waals surface area contributed by atoms with Crippen LogP contribution in [0.1, 0.15) is 16.1 Å². The summed E-state index contributed by atoms with van der Waals surface area (Å²) in [5.74, 6) is -0.447. The minimum Gasteiger partial charge on any atom is -0.495 e. The summed E-state index contributed by atoms with van der Waals surface area (Å²) >= 11 is 0. The summed E-state index contributed by atoms with van der Waals surface area (Å²) in [6.07, 6.45) is 0. The molecule has 2 amide bonds. The van der Waals surface area contributed by atoms with Crippen LogP contribution >= 0.6 is 0 Å². The molecular formula is C15H16N4O4. The van der Waals surface area contributed by atoms with Gasteiger partial charge in [0.25, 0.3) is 11.5 Å². The summed E-state index contributed by atoms with van der Waals surface area (Å²) in [7, 11) is 1.50. The van der Waals surface area contributed by atoms with Crippen molar-refractivity contribution < 1.29 is 14.3 Å². The molecule has 0 spiro atoms. The number of benzene rings is 1. The van der Waals surface area contributed by atoms with Crippen molar-refractivity contribution in [2.45, 2.75) is 6.92 Å². The van der Waals surface area contributed by atoms with Gasteiger partial charge in [-0.05, 0) is 30.7 Å². The molecule has 8 heteroatoms. The van der Waals surface area contributed by atoms with Gasteiger partial charge in [0.1, 0.15) is 11.4 Å². The van der Waals surface area contributed by atoms with Crippen LogP contribution in [-0.4, -0.2) is 35.7 Å². The number of aromatic nitrogens is 2. The van der Waals surface area contributed by atoms with Crippen LogP contribution in [0.15, 0.2) is 35.1 Å². The van der Waals surface area contributed by atoms with Crippen molar-refractivity contribution in [2.24, 2.45) is 0 Å². The number of aromatic amines is 1. The summed E-state index contributed by atoms with van der Waals surface area (Å²) in [6.45, 7) is 1.65. The van der Waals surface area contributed by atoms with E-state index in [-0.39, 0.29) is 12.2 Å². The normalized spacial score (nSPS) is 10.0. The molecule has 1 aromatic heterocycles. The Labute approximate surface area is 131 Å². The Bertz CT molecular complexity index is 765. The summed E-state index contributed by atoms with van der Waals surface area (Å²) in [4.78, 5) is 34.6. The highest BCUT2D eigenvalue weighted by atomic mass is 16.5. The van der Waals surface area contributed by atoms with Crippen LogP contribution in [0, 0.1) is 6.92 Å². The fourth-order valence-electron chi connectivity index (χ4n) is 1.84. The molecule has 0 radical (unpaired) electrons. The lowest BCUT2D eigenvalue weighted by Gasteiger charge is -2.11. The fourth-order valence-corrected chi connectivity index (χ4v) is 1.84. The third-order valence-corrected chi connectivity index (χ3v) is 2.95. The van der Waals surface area contributed by atoms with Crippen LogP contribution in [0.4, 0.5) is 5.69 Å². The van der Waals surface area contributed by atoms with Crippen molar-refractivity contribution in [3.05, 3.63) is 51.9 Å². The molecule has 120 valence electrons. The Kier molecular flexibility index (Phi) is 5.08. The largest absolute Gasteiger partial charge is 0.495 e. The zero-order valence-corrected chi connectivity index (χ0v) is 12.7. The maximum absolute atomic E-state index is 11.9. The van der Waals surface area contributed by atoms with Gasteiger partial charge in [0.2, 0.25) is 5.91 Å². The molecule has 0 unspecified atom stereocenters. The molecule has 0 saturated carbocycles. The summed E-state index contributed by atoms with van der Waals surface area (Å²) in [6, 6.07) is 7.82. The molecule has 0 fully saturated rings. The van der Waals surface area contributed by atoms with Gasteiger partial charge in [-0.1, -0.05) is 6.07 Å². The van der Waals surface area contributed by atoms with Crippen molar-refractivity contribution in [2.75, 3.05) is 19.0 Å². The third kappa shape index (κ3) is 4.40. The number of ether oxygens (including phenoxy) is 1. The average molecular weight is 316 g/mol. The summed E-state index contributed by atoms with van der Waals surface area (Å²) in [5, 5.41) is 10.8. The van der Waals surface area contributed by atoms with Gasteiger partial charge in [-0.25, -0.2) is 5.10 Å². The van der Waals surface area contributed by atoms with Gasteiger partial charge in [-0.3, -0.25) is 14.4 Å². The molecule has 0 aliphatic carbocycles. The Morgan fingerprint density at radius 2 is 2.04 bits per heavy atom. The SMILES string of the molecule is COc1ccc(C)cc1NC(=O)CNC(=O)c1ccc(=O)[nH]n1. The van der Waals surface area contributed by atoms with E-state index in [0.29, 0.717) is 11.4 Å². The predicted molar refractivity (Wildman–Crippen MR) is 83.6 cm³/mol. The topological polar surface area (TPSA) is 113 Å². The zero-order valence-electron chi connectivity index (χ0n) is 12.7. The Morgan fingerprint density at radius 1 is 1.26 bits per heavy atom. The number of hydrogen-bond donors (Lipinski definition) is 3. The number of carbonyl (C=O) groups excluding carboxylic acids is 2. The average Bonchev–Trinajstić information content (AvgIpc) is 2.53. The molecule has 0 saturated heterocycles. The number of anilines is 1. The summed E-state index contributed by atoms with van der Waals surface area (Å²) in [5.41, 5.74) is 1.09. The minimum absolute atomic E-state index is 0.0190. The molecule has 0 atom stereocenters. The number of methoxy groups -OCH3 is 1. The van der Waals surface area contributed by atoms with Crippen LogP contribution in [0.5, 0.6) is 5.75 Å². The van der Waals surface area contributed by atoms with Crippen LogP contribution in [0.3, 0.4) is 0 Å². The highest BCUT2D eigenvalue weighted by Gasteiger charge is 2.11. The maximum Gasteiger partial charge on any atom is 0.272 e. The zero-order chi connectivity index (χ0) is 16.8. The Balaban J connectivity index is 1.95. The Hall–Kier alpha value is -3.16. The first-order valence-corrected chi connectivity index (χ1v) is 6.78. The molecule has 23 heavy (non-hydrogen) atoms. The molecule has 0 aliphatic rings. The van der Waals surface area contributed by atoms with E-state index >= 15 is 0 Å². The van der Waals surface area contributed by atoms with Gasteiger partial charge >= 0.3 is 0 Å². The van der Waals surface area contributed by atoms with E-state index in [0.717, 1.165) is 5.56 Å².